The lowest BCUT2D eigenvalue weighted by Gasteiger charge is -2.29. The average molecular weight is 510 g/mol. The minimum Gasteiger partial charge on any atom is -0.472 e. The van der Waals surface area contributed by atoms with E-state index in [2.05, 4.69) is 25.1 Å². The van der Waals surface area contributed by atoms with Crippen molar-refractivity contribution in [3.05, 3.63) is 48.3 Å². The third-order valence-corrected chi connectivity index (χ3v) is 6.78. The van der Waals surface area contributed by atoms with Gasteiger partial charge in [-0.15, -0.1) is 0 Å². The predicted octanol–water partition coefficient (Wildman–Crippen LogP) is 3.49. The van der Waals surface area contributed by atoms with Crippen molar-refractivity contribution in [3.63, 3.8) is 0 Å². The molecule has 0 saturated heterocycles. The van der Waals surface area contributed by atoms with Crippen molar-refractivity contribution in [1.29, 1.82) is 0 Å². The van der Waals surface area contributed by atoms with E-state index in [-0.39, 0.29) is 31.2 Å². The van der Waals surface area contributed by atoms with E-state index in [1.807, 2.05) is 25.4 Å². The van der Waals surface area contributed by atoms with E-state index >= 15 is 0 Å². The molecule has 37 heavy (non-hydrogen) atoms. The Balaban J connectivity index is 1.40. The van der Waals surface area contributed by atoms with Crippen LogP contribution in [0.5, 0.6) is 5.88 Å². The number of rotatable bonds is 9. The van der Waals surface area contributed by atoms with Gasteiger partial charge in [0.2, 0.25) is 0 Å². The van der Waals surface area contributed by atoms with E-state index in [0.29, 0.717) is 5.56 Å². The molecule has 4 aromatic rings. The minimum atomic E-state index is -0.882. The summed E-state index contributed by atoms with van der Waals surface area (Å²) >= 11 is 0. The van der Waals surface area contributed by atoms with Gasteiger partial charge in [0.1, 0.15) is 17.6 Å². The van der Waals surface area contributed by atoms with Crippen molar-refractivity contribution < 1.29 is 19.3 Å². The first kappa shape index (κ1) is 25.1. The quantitative estimate of drug-likeness (QED) is 0.313. The maximum absolute atomic E-state index is 14.4. The molecule has 11 heteroatoms. The van der Waals surface area contributed by atoms with Crippen LogP contribution in [0.25, 0.3) is 22.2 Å². The molecule has 0 aromatic carbocycles. The molecule has 1 aliphatic carbocycles. The van der Waals surface area contributed by atoms with Gasteiger partial charge in [0.15, 0.2) is 5.82 Å². The Morgan fingerprint density at radius 1 is 1.22 bits per heavy atom. The smallest absolute Gasteiger partial charge is 0.250 e. The molecule has 196 valence electrons. The number of pyridine rings is 2. The van der Waals surface area contributed by atoms with Crippen LogP contribution in [0.2, 0.25) is 0 Å². The van der Waals surface area contributed by atoms with Crippen LogP contribution in [-0.2, 0) is 6.54 Å². The van der Waals surface area contributed by atoms with Gasteiger partial charge in [-0.25, -0.2) is 14.4 Å². The number of anilines is 1. The molecule has 0 aliphatic heterocycles. The van der Waals surface area contributed by atoms with Gasteiger partial charge in [-0.1, -0.05) is 0 Å². The molecule has 0 unspecified atom stereocenters. The highest BCUT2D eigenvalue weighted by atomic mass is 19.1. The predicted molar refractivity (Wildman–Crippen MR) is 137 cm³/mol. The highest BCUT2D eigenvalue weighted by Crippen LogP contribution is 2.36. The molecular formula is C26H32FN7O3. The molecule has 4 heterocycles. The number of aliphatic hydroxyl groups excluding tert-OH is 2. The Hall–Kier alpha value is -3.57. The zero-order chi connectivity index (χ0) is 25.9. The second kappa shape index (κ2) is 10.8. The second-order valence-corrected chi connectivity index (χ2v) is 9.49. The number of hydrogen-bond donors (Lipinski definition) is 3. The molecule has 3 N–H and O–H groups in total. The monoisotopic (exact) mass is 509 g/mol. The number of aryl methyl sites for hydroxylation is 1. The van der Waals surface area contributed by atoms with Crippen LogP contribution in [0.4, 0.5) is 10.2 Å². The molecule has 1 atom stereocenters. The number of fused-ring (bicyclic) bond motifs is 1. The van der Waals surface area contributed by atoms with Gasteiger partial charge in [-0.05, 0) is 51.2 Å². The molecule has 1 aliphatic rings. The van der Waals surface area contributed by atoms with Crippen molar-refractivity contribution >= 4 is 16.7 Å². The van der Waals surface area contributed by atoms with E-state index in [1.54, 1.807) is 30.1 Å². The summed E-state index contributed by atoms with van der Waals surface area (Å²) in [5.41, 5.74) is 3.07. The molecule has 5 rings (SSSR count). The third-order valence-electron chi connectivity index (χ3n) is 6.78. The maximum atomic E-state index is 14.4. The topological polar surface area (TPSA) is 123 Å². The molecule has 10 nitrogen and oxygen atoms in total. The Labute approximate surface area is 214 Å². The van der Waals surface area contributed by atoms with Crippen molar-refractivity contribution in [2.75, 3.05) is 18.5 Å². The Morgan fingerprint density at radius 2 is 2.03 bits per heavy atom. The standard InChI is InChI=1S/C26H32FN7O3/c1-3-28-23-10-22-21(12-30-23)25(17-11-31-33(13-17)14-19(36)15-35)32-34(22)18-4-6-20(7-5-18)37-26-24(27)16(2)8-9-29-26/h8-13,18-20,35-36H,3-7,14-15H2,1-2H3,(H,28,30)/t18-,19-,20+/m0/s1. The van der Waals surface area contributed by atoms with Crippen LogP contribution < -0.4 is 10.1 Å². The molecule has 1 saturated carbocycles. The van der Waals surface area contributed by atoms with E-state index in [9.17, 15) is 9.50 Å². The Morgan fingerprint density at radius 3 is 2.78 bits per heavy atom. The summed E-state index contributed by atoms with van der Waals surface area (Å²) in [5, 5.41) is 32.4. The second-order valence-electron chi connectivity index (χ2n) is 9.49. The zero-order valence-corrected chi connectivity index (χ0v) is 21.0. The number of hydrogen-bond acceptors (Lipinski definition) is 8. The molecule has 0 bridgehead atoms. The van der Waals surface area contributed by atoms with Gasteiger partial charge in [0.25, 0.3) is 5.88 Å². The summed E-state index contributed by atoms with van der Waals surface area (Å²) < 4.78 is 24.0. The van der Waals surface area contributed by atoms with Crippen LogP contribution in [0.15, 0.2) is 36.9 Å². The largest absolute Gasteiger partial charge is 0.472 e. The lowest BCUT2D eigenvalue weighted by Crippen LogP contribution is -2.27. The van der Waals surface area contributed by atoms with Crippen LogP contribution in [0.1, 0.15) is 44.2 Å². The number of aliphatic hydroxyl groups is 2. The summed E-state index contributed by atoms with van der Waals surface area (Å²) in [6.45, 7) is 4.35. The van der Waals surface area contributed by atoms with Crippen LogP contribution in [0.3, 0.4) is 0 Å². The van der Waals surface area contributed by atoms with Gasteiger partial charge < -0.3 is 20.3 Å². The van der Waals surface area contributed by atoms with Crippen LogP contribution in [0, 0.1) is 12.7 Å². The molecule has 4 aromatic heterocycles. The summed E-state index contributed by atoms with van der Waals surface area (Å²) in [5.74, 6) is 0.449. The number of halogens is 1. The first-order chi connectivity index (χ1) is 18.0. The zero-order valence-electron chi connectivity index (χ0n) is 21.0. The van der Waals surface area contributed by atoms with Crippen LogP contribution in [-0.4, -0.2) is 65.1 Å². The summed E-state index contributed by atoms with van der Waals surface area (Å²) in [6.07, 6.45) is 9.12. The fraction of sp³-hybridized carbons (Fsp3) is 0.462. The fourth-order valence-corrected chi connectivity index (χ4v) is 4.82. The van der Waals surface area contributed by atoms with Crippen molar-refractivity contribution in [2.24, 2.45) is 0 Å². The fourth-order valence-electron chi connectivity index (χ4n) is 4.82. The van der Waals surface area contributed by atoms with Crippen molar-refractivity contribution in [3.8, 4) is 17.1 Å². The van der Waals surface area contributed by atoms with Crippen molar-refractivity contribution in [2.45, 2.75) is 64.3 Å². The van der Waals surface area contributed by atoms with Gasteiger partial charge in [0.05, 0.1) is 37.0 Å². The lowest BCUT2D eigenvalue weighted by atomic mass is 9.93. The Bertz CT molecular complexity index is 1360. The molecule has 0 spiro atoms. The van der Waals surface area contributed by atoms with E-state index in [4.69, 9.17) is 14.9 Å². The van der Waals surface area contributed by atoms with Gasteiger partial charge in [-0.3, -0.25) is 9.36 Å². The normalized spacial score (nSPS) is 18.7. The molecular weight excluding hydrogens is 477 g/mol. The average Bonchev–Trinajstić information content (AvgIpc) is 3.52. The van der Waals surface area contributed by atoms with Gasteiger partial charge >= 0.3 is 0 Å². The lowest BCUT2D eigenvalue weighted by molar-refractivity contribution is 0.0783. The molecule has 0 amide bonds. The number of aromatic nitrogens is 6. The van der Waals surface area contributed by atoms with E-state index in [1.165, 1.54) is 0 Å². The minimum absolute atomic E-state index is 0.0694. The highest BCUT2D eigenvalue weighted by molar-refractivity contribution is 5.93. The van der Waals surface area contributed by atoms with Crippen LogP contribution >= 0.6 is 0 Å². The van der Waals surface area contributed by atoms with Crippen molar-refractivity contribution in [1.82, 2.24) is 29.5 Å². The third kappa shape index (κ3) is 5.28. The van der Waals surface area contributed by atoms with E-state index < -0.39 is 11.9 Å². The summed E-state index contributed by atoms with van der Waals surface area (Å²) in [6, 6.07) is 3.80. The van der Waals surface area contributed by atoms with Gasteiger partial charge in [0, 0.05) is 42.2 Å². The summed E-state index contributed by atoms with van der Waals surface area (Å²) in [7, 11) is 0. The first-order valence-electron chi connectivity index (χ1n) is 12.7. The van der Waals surface area contributed by atoms with E-state index in [0.717, 1.165) is 60.2 Å². The Kier molecular flexibility index (Phi) is 7.33. The molecule has 1 fully saturated rings. The van der Waals surface area contributed by atoms with Gasteiger partial charge in [-0.2, -0.15) is 10.2 Å². The number of nitrogens with zero attached hydrogens (tertiary/aromatic N) is 6. The number of ether oxygens (including phenoxy) is 1. The SMILES string of the molecule is CCNc1cc2c(cn1)c(-c1cnn(C[C@H](O)CO)c1)nn2[C@H]1CC[C@@H](Oc2nccc(C)c2F)CC1. The molecule has 0 radical (unpaired) electrons. The summed E-state index contributed by atoms with van der Waals surface area (Å²) in [4.78, 5) is 8.63. The first-order valence-corrected chi connectivity index (χ1v) is 12.7. The maximum Gasteiger partial charge on any atom is 0.250 e. The highest BCUT2D eigenvalue weighted by Gasteiger charge is 2.28. The number of nitrogens with one attached hydrogen (secondary N) is 1.